The van der Waals surface area contributed by atoms with E-state index >= 15 is 0 Å². The zero-order valence-electron chi connectivity index (χ0n) is 19.9. The van der Waals surface area contributed by atoms with Gasteiger partial charge in [0.25, 0.3) is 0 Å². The lowest BCUT2D eigenvalue weighted by Gasteiger charge is -2.33. The minimum Gasteiger partial charge on any atom is -0.488 e. The molecular formula is C27H28FNO5S. The number of carboxylic acids is 1. The highest BCUT2D eigenvalue weighted by Crippen LogP contribution is 2.35. The zero-order chi connectivity index (χ0) is 25.4. The van der Waals surface area contributed by atoms with Gasteiger partial charge in [0.05, 0.1) is 4.90 Å². The van der Waals surface area contributed by atoms with Gasteiger partial charge < -0.3 is 9.84 Å². The number of nitrogens with zero attached hydrogens (tertiary/aromatic N) is 1. The van der Waals surface area contributed by atoms with Gasteiger partial charge in [0.15, 0.2) is 0 Å². The molecule has 1 aliphatic heterocycles. The van der Waals surface area contributed by atoms with Crippen LogP contribution in [0.15, 0.2) is 65.6 Å². The minimum atomic E-state index is -4.18. The molecule has 0 aromatic heterocycles. The molecule has 6 nitrogen and oxygen atoms in total. The van der Waals surface area contributed by atoms with Crippen molar-refractivity contribution in [3.05, 3.63) is 83.2 Å². The fourth-order valence-electron chi connectivity index (χ4n) is 4.32. The van der Waals surface area contributed by atoms with Crippen LogP contribution in [0.2, 0.25) is 0 Å². The van der Waals surface area contributed by atoms with E-state index in [1.54, 1.807) is 18.2 Å². The average molecular weight is 498 g/mol. The number of sulfonamides is 1. The molecule has 3 aromatic carbocycles. The van der Waals surface area contributed by atoms with Gasteiger partial charge in [-0.1, -0.05) is 24.3 Å². The fraction of sp³-hybridized carbons (Fsp3) is 0.296. The molecule has 0 radical (unpaired) electrons. The van der Waals surface area contributed by atoms with Crippen molar-refractivity contribution >= 4 is 16.0 Å². The number of carbonyl (C=O) groups is 1. The number of carboxylic acid groups (broad SMARTS) is 1. The van der Waals surface area contributed by atoms with Gasteiger partial charge in [-0.15, -0.1) is 0 Å². The Kier molecular flexibility index (Phi) is 6.71. The highest BCUT2D eigenvalue weighted by atomic mass is 32.2. The molecule has 1 heterocycles. The quantitative estimate of drug-likeness (QED) is 0.486. The second-order valence-electron chi connectivity index (χ2n) is 9.46. The van der Waals surface area contributed by atoms with E-state index in [1.165, 1.54) is 18.2 Å². The Morgan fingerprint density at radius 3 is 2.57 bits per heavy atom. The van der Waals surface area contributed by atoms with Gasteiger partial charge in [0.2, 0.25) is 10.0 Å². The lowest BCUT2D eigenvalue weighted by molar-refractivity contribution is -0.137. The Labute approximate surface area is 205 Å². The molecule has 0 saturated carbocycles. The number of rotatable bonds is 7. The molecule has 3 aromatic rings. The van der Waals surface area contributed by atoms with E-state index in [0.717, 1.165) is 27.4 Å². The summed E-state index contributed by atoms with van der Waals surface area (Å²) in [5.74, 6) is -1.20. The Morgan fingerprint density at radius 2 is 1.86 bits per heavy atom. The first-order valence-electron chi connectivity index (χ1n) is 11.3. The largest absolute Gasteiger partial charge is 0.488 e. The van der Waals surface area contributed by atoms with Gasteiger partial charge in [0.1, 0.15) is 23.7 Å². The minimum absolute atomic E-state index is 0.0173. The molecule has 0 amide bonds. The molecule has 0 unspecified atom stereocenters. The number of benzene rings is 3. The maximum atomic E-state index is 14.5. The van der Waals surface area contributed by atoms with Crippen LogP contribution in [0.5, 0.6) is 5.75 Å². The smallest absolute Gasteiger partial charge is 0.318 e. The van der Waals surface area contributed by atoms with Crippen molar-refractivity contribution in [1.29, 1.82) is 0 Å². The Bertz CT molecular complexity index is 1380. The molecule has 0 bridgehead atoms. The second-order valence-corrected chi connectivity index (χ2v) is 11.4. The molecule has 0 spiro atoms. The van der Waals surface area contributed by atoms with Crippen LogP contribution in [-0.4, -0.2) is 35.9 Å². The Balaban J connectivity index is 1.69. The first kappa shape index (κ1) is 24.9. The van der Waals surface area contributed by atoms with Crippen LogP contribution in [0.1, 0.15) is 37.0 Å². The van der Waals surface area contributed by atoms with Crippen LogP contribution in [0.3, 0.4) is 0 Å². The normalized spacial score (nSPS) is 14.9. The number of halogens is 1. The SMILES string of the molecule is Cc1ccccc1-c1cc(F)cc(CN(CC(=O)O)S(=O)(=O)c2ccc3c(c2)CCC(C)(C)O3)c1. The number of fused-ring (bicyclic) bond motifs is 1. The summed E-state index contributed by atoms with van der Waals surface area (Å²) in [5.41, 5.74) is 3.13. The zero-order valence-corrected chi connectivity index (χ0v) is 20.7. The number of aliphatic carboxylic acids is 1. The van der Waals surface area contributed by atoms with Gasteiger partial charge >= 0.3 is 5.97 Å². The lowest BCUT2D eigenvalue weighted by atomic mass is 9.94. The summed E-state index contributed by atoms with van der Waals surface area (Å²) in [6.07, 6.45) is 1.38. The molecule has 0 aliphatic carbocycles. The first-order valence-corrected chi connectivity index (χ1v) is 12.8. The third-order valence-electron chi connectivity index (χ3n) is 6.14. The summed E-state index contributed by atoms with van der Waals surface area (Å²) in [6.45, 7) is 4.81. The van der Waals surface area contributed by atoms with Crippen molar-refractivity contribution < 1.29 is 27.4 Å². The van der Waals surface area contributed by atoms with E-state index < -0.39 is 28.4 Å². The van der Waals surface area contributed by atoms with Crippen LogP contribution in [-0.2, 0) is 27.8 Å². The molecule has 8 heteroatoms. The maximum Gasteiger partial charge on any atom is 0.318 e. The van der Waals surface area contributed by atoms with Gasteiger partial charge in [-0.3, -0.25) is 4.79 Å². The molecular weight excluding hydrogens is 469 g/mol. The summed E-state index contributed by atoms with van der Waals surface area (Å²) in [5, 5.41) is 9.45. The number of aryl methyl sites for hydroxylation is 2. The number of hydrogen-bond acceptors (Lipinski definition) is 4. The molecule has 1 aliphatic rings. The molecule has 4 rings (SSSR count). The molecule has 184 valence electrons. The van der Waals surface area contributed by atoms with E-state index in [1.807, 2.05) is 45.0 Å². The molecule has 0 atom stereocenters. The van der Waals surface area contributed by atoms with Crippen molar-refractivity contribution in [1.82, 2.24) is 4.31 Å². The average Bonchev–Trinajstić information content (AvgIpc) is 2.77. The molecule has 1 N–H and O–H groups in total. The van der Waals surface area contributed by atoms with E-state index in [0.29, 0.717) is 23.3 Å². The third-order valence-corrected chi connectivity index (χ3v) is 7.92. The number of hydrogen-bond donors (Lipinski definition) is 1. The summed E-state index contributed by atoms with van der Waals surface area (Å²) in [4.78, 5) is 11.6. The standard InChI is InChI=1S/C27H28FNO5S/c1-18-6-4-5-7-24(18)21-12-19(13-22(28)14-21)16-29(17-26(30)31)35(32,33)23-8-9-25-20(15-23)10-11-27(2,3)34-25/h4-9,12-15H,10-11,16-17H2,1-3H3,(H,30,31). The first-order chi connectivity index (χ1) is 16.4. The Morgan fingerprint density at radius 1 is 1.11 bits per heavy atom. The summed E-state index contributed by atoms with van der Waals surface area (Å²) >= 11 is 0. The van der Waals surface area contributed by atoms with Gasteiger partial charge in [-0.25, -0.2) is 12.8 Å². The fourth-order valence-corrected chi connectivity index (χ4v) is 5.75. The van der Waals surface area contributed by atoms with Crippen LogP contribution in [0.25, 0.3) is 11.1 Å². The predicted molar refractivity (Wildman–Crippen MR) is 131 cm³/mol. The van der Waals surface area contributed by atoms with Crippen LogP contribution >= 0.6 is 0 Å². The highest BCUT2D eigenvalue weighted by Gasteiger charge is 2.31. The molecule has 0 saturated heterocycles. The Hall–Kier alpha value is -3.23. The summed E-state index contributed by atoms with van der Waals surface area (Å²) in [6, 6.07) is 16.4. The van der Waals surface area contributed by atoms with Crippen molar-refractivity contribution in [2.24, 2.45) is 0 Å². The van der Waals surface area contributed by atoms with Crippen molar-refractivity contribution in [2.45, 2.75) is 50.7 Å². The summed E-state index contributed by atoms with van der Waals surface area (Å²) in [7, 11) is -4.18. The van der Waals surface area contributed by atoms with Crippen LogP contribution < -0.4 is 4.74 Å². The molecule has 0 fully saturated rings. The highest BCUT2D eigenvalue weighted by molar-refractivity contribution is 7.89. The maximum absolute atomic E-state index is 14.5. The topological polar surface area (TPSA) is 83.9 Å². The predicted octanol–water partition coefficient (Wildman–Crippen LogP) is 5.18. The van der Waals surface area contributed by atoms with Crippen molar-refractivity contribution in [3.8, 4) is 16.9 Å². The number of ether oxygens (including phenoxy) is 1. The monoisotopic (exact) mass is 497 g/mol. The van der Waals surface area contributed by atoms with E-state index in [4.69, 9.17) is 4.74 Å². The van der Waals surface area contributed by atoms with Crippen molar-refractivity contribution in [3.63, 3.8) is 0 Å². The van der Waals surface area contributed by atoms with Gasteiger partial charge in [-0.2, -0.15) is 4.31 Å². The van der Waals surface area contributed by atoms with Gasteiger partial charge in [-0.05, 0) is 97.8 Å². The molecule has 35 heavy (non-hydrogen) atoms. The van der Waals surface area contributed by atoms with E-state index in [9.17, 15) is 22.7 Å². The van der Waals surface area contributed by atoms with Crippen LogP contribution in [0, 0.1) is 12.7 Å². The van der Waals surface area contributed by atoms with Gasteiger partial charge in [0, 0.05) is 6.54 Å². The summed E-state index contributed by atoms with van der Waals surface area (Å²) < 4.78 is 48.3. The van der Waals surface area contributed by atoms with E-state index in [-0.39, 0.29) is 17.0 Å². The van der Waals surface area contributed by atoms with Crippen molar-refractivity contribution in [2.75, 3.05) is 6.54 Å². The van der Waals surface area contributed by atoms with Crippen LogP contribution in [0.4, 0.5) is 4.39 Å². The second kappa shape index (κ2) is 9.43. The van der Waals surface area contributed by atoms with E-state index in [2.05, 4.69) is 0 Å². The lowest BCUT2D eigenvalue weighted by Crippen LogP contribution is -2.36. The third kappa shape index (κ3) is 5.55.